The highest BCUT2D eigenvalue weighted by Crippen LogP contribution is 2.30. The summed E-state index contributed by atoms with van der Waals surface area (Å²) in [5.74, 6) is -0.594. The summed E-state index contributed by atoms with van der Waals surface area (Å²) in [6.45, 7) is 2.90. The molecule has 0 atom stereocenters. The second-order valence-electron chi connectivity index (χ2n) is 7.75. The lowest BCUT2D eigenvalue weighted by molar-refractivity contribution is -0.137. The summed E-state index contributed by atoms with van der Waals surface area (Å²) in [5, 5.41) is 9.96. The minimum atomic E-state index is -4.50. The van der Waals surface area contributed by atoms with Gasteiger partial charge in [0, 0.05) is 36.4 Å². The Morgan fingerprint density at radius 1 is 1.03 bits per heavy atom. The van der Waals surface area contributed by atoms with E-state index in [0.717, 1.165) is 42.0 Å². The van der Waals surface area contributed by atoms with Gasteiger partial charge in [0.05, 0.1) is 36.2 Å². The van der Waals surface area contributed by atoms with Crippen molar-refractivity contribution in [3.8, 4) is 11.1 Å². The maximum absolute atomic E-state index is 12.8. The molecule has 8 nitrogen and oxygen atoms in total. The minimum absolute atomic E-state index is 0.00674. The van der Waals surface area contributed by atoms with Crippen LogP contribution in [0.5, 0.6) is 0 Å². The molecule has 1 aromatic carbocycles. The molecule has 1 amide bonds. The van der Waals surface area contributed by atoms with E-state index in [1.165, 1.54) is 0 Å². The number of fused-ring (bicyclic) bond motifs is 1. The van der Waals surface area contributed by atoms with Crippen molar-refractivity contribution in [2.75, 3.05) is 36.5 Å². The quantitative estimate of drug-likeness (QED) is 0.468. The van der Waals surface area contributed by atoms with Gasteiger partial charge in [-0.05, 0) is 35.9 Å². The first-order valence-electron chi connectivity index (χ1n) is 10.5. The number of anilines is 2. The lowest BCUT2D eigenvalue weighted by Gasteiger charge is -2.28. The van der Waals surface area contributed by atoms with Gasteiger partial charge >= 0.3 is 6.18 Å². The van der Waals surface area contributed by atoms with Crippen molar-refractivity contribution >= 4 is 28.3 Å². The van der Waals surface area contributed by atoms with Crippen LogP contribution < -0.4 is 10.2 Å². The Morgan fingerprint density at radius 2 is 1.85 bits per heavy atom. The lowest BCUT2D eigenvalue weighted by atomic mass is 10.0. The average molecular weight is 468 g/mol. The number of carbonyl (C=O) groups is 1. The maximum Gasteiger partial charge on any atom is 0.417 e. The van der Waals surface area contributed by atoms with Gasteiger partial charge < -0.3 is 15.0 Å². The Bertz CT molecular complexity index is 1330. The van der Waals surface area contributed by atoms with Gasteiger partial charge in [0.1, 0.15) is 5.82 Å². The second-order valence-corrected chi connectivity index (χ2v) is 7.75. The third-order valence-electron chi connectivity index (χ3n) is 5.54. The summed E-state index contributed by atoms with van der Waals surface area (Å²) < 4.78 is 43.6. The van der Waals surface area contributed by atoms with Crippen molar-refractivity contribution in [2.45, 2.75) is 6.18 Å². The van der Waals surface area contributed by atoms with Crippen LogP contribution in [0.15, 0.2) is 55.0 Å². The van der Waals surface area contributed by atoms with Crippen molar-refractivity contribution in [2.24, 2.45) is 0 Å². The molecule has 1 saturated heterocycles. The van der Waals surface area contributed by atoms with E-state index in [4.69, 9.17) is 4.74 Å². The number of aromatic amines is 1. The summed E-state index contributed by atoms with van der Waals surface area (Å²) in [5.41, 5.74) is 2.57. The molecule has 5 rings (SSSR count). The normalized spacial score (nSPS) is 14.4. The van der Waals surface area contributed by atoms with Gasteiger partial charge in [-0.3, -0.25) is 14.9 Å². The molecule has 34 heavy (non-hydrogen) atoms. The molecule has 4 heterocycles. The van der Waals surface area contributed by atoms with Gasteiger partial charge in [-0.2, -0.15) is 18.3 Å². The highest BCUT2D eigenvalue weighted by atomic mass is 19.4. The van der Waals surface area contributed by atoms with Crippen LogP contribution >= 0.6 is 0 Å². The maximum atomic E-state index is 12.8. The third kappa shape index (κ3) is 4.42. The predicted molar refractivity (Wildman–Crippen MR) is 120 cm³/mol. The van der Waals surface area contributed by atoms with Gasteiger partial charge in [0.2, 0.25) is 0 Å². The van der Waals surface area contributed by atoms with E-state index in [9.17, 15) is 18.0 Å². The van der Waals surface area contributed by atoms with Crippen molar-refractivity contribution in [1.29, 1.82) is 0 Å². The summed E-state index contributed by atoms with van der Waals surface area (Å²) >= 11 is 0. The van der Waals surface area contributed by atoms with Gasteiger partial charge in [-0.25, -0.2) is 4.98 Å². The number of morpholine rings is 1. The number of halogens is 3. The van der Waals surface area contributed by atoms with Gasteiger partial charge in [-0.15, -0.1) is 0 Å². The Hall–Kier alpha value is -3.99. The fourth-order valence-electron chi connectivity index (χ4n) is 3.76. The zero-order valence-electron chi connectivity index (χ0n) is 17.8. The third-order valence-corrected chi connectivity index (χ3v) is 5.54. The highest BCUT2D eigenvalue weighted by Gasteiger charge is 2.30. The number of nitrogens with one attached hydrogen (secondary N) is 2. The number of ether oxygens (including phenoxy) is 1. The molecule has 3 aromatic heterocycles. The Balaban J connectivity index is 1.40. The van der Waals surface area contributed by atoms with Crippen molar-refractivity contribution in [1.82, 2.24) is 20.2 Å². The first-order valence-corrected chi connectivity index (χ1v) is 10.5. The zero-order chi connectivity index (χ0) is 23.7. The van der Waals surface area contributed by atoms with E-state index in [1.54, 1.807) is 12.4 Å². The topological polar surface area (TPSA) is 96.0 Å². The minimum Gasteiger partial charge on any atom is -0.378 e. The van der Waals surface area contributed by atoms with Gasteiger partial charge in [0.15, 0.2) is 5.69 Å². The largest absolute Gasteiger partial charge is 0.417 e. The van der Waals surface area contributed by atoms with Gasteiger partial charge in [-0.1, -0.05) is 6.07 Å². The number of hydrogen-bond acceptors (Lipinski definition) is 6. The van der Waals surface area contributed by atoms with Crippen LogP contribution in [0.2, 0.25) is 0 Å². The van der Waals surface area contributed by atoms with Crippen LogP contribution in [0, 0.1) is 0 Å². The van der Waals surface area contributed by atoms with E-state index < -0.39 is 17.6 Å². The van der Waals surface area contributed by atoms with E-state index in [2.05, 4.69) is 30.4 Å². The summed E-state index contributed by atoms with van der Waals surface area (Å²) in [6.07, 6.45) is -0.276. The van der Waals surface area contributed by atoms with Crippen LogP contribution in [-0.2, 0) is 10.9 Å². The predicted octanol–water partition coefficient (Wildman–Crippen LogP) is 4.13. The Morgan fingerprint density at radius 3 is 2.59 bits per heavy atom. The molecule has 174 valence electrons. The number of amides is 1. The number of aromatic nitrogens is 4. The molecule has 1 fully saturated rings. The molecule has 1 aliphatic rings. The summed E-state index contributed by atoms with van der Waals surface area (Å²) in [6, 6.07) is 9.53. The van der Waals surface area contributed by atoms with Crippen molar-refractivity contribution in [3.05, 3.63) is 66.2 Å². The molecule has 0 aliphatic carbocycles. The molecular formula is C23H19F3N6O2. The van der Waals surface area contributed by atoms with Crippen LogP contribution in [0.1, 0.15) is 16.1 Å². The molecule has 0 spiro atoms. The number of nitrogens with zero attached hydrogens (tertiary/aromatic N) is 4. The average Bonchev–Trinajstić information content (AvgIpc) is 3.28. The Kier molecular flexibility index (Phi) is 5.62. The van der Waals surface area contributed by atoms with Crippen LogP contribution in [0.25, 0.3) is 22.0 Å². The second kappa shape index (κ2) is 8.75. The molecule has 1 aliphatic heterocycles. The van der Waals surface area contributed by atoms with E-state index in [1.807, 2.05) is 24.3 Å². The molecule has 11 heteroatoms. The fraction of sp³-hybridized carbons (Fsp3) is 0.217. The summed E-state index contributed by atoms with van der Waals surface area (Å²) in [4.78, 5) is 23.0. The number of H-pyrrole nitrogens is 1. The fourth-order valence-corrected chi connectivity index (χ4v) is 3.76. The molecule has 0 unspecified atom stereocenters. The van der Waals surface area contributed by atoms with Crippen molar-refractivity contribution in [3.63, 3.8) is 0 Å². The summed E-state index contributed by atoms with van der Waals surface area (Å²) in [7, 11) is 0. The van der Waals surface area contributed by atoms with Crippen LogP contribution in [0.4, 0.5) is 24.7 Å². The molecule has 0 radical (unpaired) electrons. The molecule has 0 bridgehead atoms. The van der Waals surface area contributed by atoms with Crippen LogP contribution in [0.3, 0.4) is 0 Å². The monoisotopic (exact) mass is 468 g/mol. The first-order chi connectivity index (χ1) is 16.4. The number of carbonyl (C=O) groups excluding carboxylic acids is 1. The van der Waals surface area contributed by atoms with E-state index in [0.29, 0.717) is 30.3 Å². The number of benzene rings is 1. The lowest BCUT2D eigenvalue weighted by Crippen LogP contribution is -2.36. The molecule has 4 aromatic rings. The van der Waals surface area contributed by atoms with Crippen LogP contribution in [-0.4, -0.2) is 52.4 Å². The highest BCUT2D eigenvalue weighted by molar-refractivity contribution is 6.11. The SMILES string of the molecule is O=C(Nc1ccc(C(F)(F)F)cn1)c1n[nH]c2ccc(-c3cncc(N4CCOCC4)c3)cc12. The van der Waals surface area contributed by atoms with Crippen molar-refractivity contribution < 1.29 is 22.7 Å². The smallest absolute Gasteiger partial charge is 0.378 e. The Labute approximate surface area is 191 Å². The number of alkyl halides is 3. The number of hydrogen-bond donors (Lipinski definition) is 2. The standard InChI is InChI=1S/C23H19F3N6O2/c24-23(25,26)16-2-4-20(28-12-16)29-22(33)21-18-10-14(1-3-19(18)30-31-21)15-9-17(13-27-11-15)32-5-7-34-8-6-32/h1-4,9-13H,5-8H2,(H,30,31)(H,28,29,33). The van der Waals surface area contributed by atoms with E-state index >= 15 is 0 Å². The number of pyridine rings is 2. The number of rotatable bonds is 4. The van der Waals surface area contributed by atoms with E-state index in [-0.39, 0.29) is 11.5 Å². The molecular weight excluding hydrogens is 449 g/mol. The molecule has 0 saturated carbocycles. The molecule has 2 N–H and O–H groups in total. The van der Waals surface area contributed by atoms with Gasteiger partial charge in [0.25, 0.3) is 5.91 Å². The zero-order valence-corrected chi connectivity index (χ0v) is 17.8. The first kappa shape index (κ1) is 21.8.